The summed E-state index contributed by atoms with van der Waals surface area (Å²) >= 11 is 1.51. The van der Waals surface area contributed by atoms with E-state index in [1.807, 2.05) is 68.3 Å². The summed E-state index contributed by atoms with van der Waals surface area (Å²) in [4.78, 5) is 63.8. The standard InChI is InChI=1S/C41H64N6O6S/c1-10-27(4)35(46(7)39(50)34(26(2)3)45-40(51)41(6)19-15-20-43-41)32(52-8)25-33(48)47-22-14-18-31(47)36(53-9)28(5)37(49)44-30(38-42-21-23-54-38)24-29-16-12-11-13-17-29/h11-13,16-17,21,23,26-28,30-32,34-36,43H,10,14-15,18-20,22,24-25H2,1-9H3,(H,44,49)(H,45,51)/t27-,28+,30-,31-,32+,34-,35-,36+,41+/m0/s1. The van der Waals surface area contributed by atoms with Crippen LogP contribution in [-0.4, -0.2) is 109 Å². The van der Waals surface area contributed by atoms with Crippen molar-refractivity contribution in [3.05, 3.63) is 52.5 Å². The summed E-state index contributed by atoms with van der Waals surface area (Å²) in [5.41, 5.74) is 0.386. The molecule has 1 aromatic carbocycles. The molecule has 0 aliphatic carbocycles. The smallest absolute Gasteiger partial charge is 0.245 e. The van der Waals surface area contributed by atoms with Crippen molar-refractivity contribution in [3.63, 3.8) is 0 Å². The lowest BCUT2D eigenvalue weighted by atomic mass is 9.89. The van der Waals surface area contributed by atoms with Gasteiger partial charge < -0.3 is 35.2 Å². The van der Waals surface area contributed by atoms with E-state index >= 15 is 0 Å². The molecule has 54 heavy (non-hydrogen) atoms. The van der Waals surface area contributed by atoms with Crippen LogP contribution in [0.3, 0.4) is 0 Å². The number of nitrogens with zero attached hydrogens (tertiary/aromatic N) is 3. The first-order valence-corrected chi connectivity index (χ1v) is 20.6. The Balaban J connectivity index is 1.47. The average molecular weight is 769 g/mol. The van der Waals surface area contributed by atoms with E-state index in [1.165, 1.54) is 11.3 Å². The molecular formula is C41H64N6O6S. The number of hydrogen-bond acceptors (Lipinski definition) is 9. The quantitative estimate of drug-likeness (QED) is 0.186. The van der Waals surface area contributed by atoms with Crippen molar-refractivity contribution in [1.82, 2.24) is 30.7 Å². The Labute approximate surface area is 326 Å². The molecule has 0 spiro atoms. The number of ether oxygens (including phenoxy) is 2. The van der Waals surface area contributed by atoms with E-state index in [-0.39, 0.29) is 54.0 Å². The highest BCUT2D eigenvalue weighted by Crippen LogP contribution is 2.31. The summed E-state index contributed by atoms with van der Waals surface area (Å²) < 4.78 is 12.1. The number of thiazole rings is 1. The normalized spacial score (nSPS) is 22.6. The van der Waals surface area contributed by atoms with Crippen molar-refractivity contribution in [3.8, 4) is 0 Å². The third-order valence-electron chi connectivity index (χ3n) is 11.7. The third kappa shape index (κ3) is 10.5. The van der Waals surface area contributed by atoms with Gasteiger partial charge in [0.2, 0.25) is 23.6 Å². The van der Waals surface area contributed by atoms with Gasteiger partial charge in [-0.1, -0.05) is 71.4 Å². The molecule has 4 rings (SSSR count). The fourth-order valence-corrected chi connectivity index (χ4v) is 8.88. The van der Waals surface area contributed by atoms with E-state index in [9.17, 15) is 19.2 Å². The number of benzene rings is 1. The monoisotopic (exact) mass is 768 g/mol. The van der Waals surface area contributed by atoms with Crippen molar-refractivity contribution < 1.29 is 28.7 Å². The van der Waals surface area contributed by atoms with Gasteiger partial charge in [-0.2, -0.15) is 0 Å². The molecule has 2 fully saturated rings. The lowest BCUT2D eigenvalue weighted by molar-refractivity contribution is -0.148. The van der Waals surface area contributed by atoms with Gasteiger partial charge in [0.15, 0.2) is 0 Å². The first-order chi connectivity index (χ1) is 25.8. The minimum absolute atomic E-state index is 0.000661. The zero-order valence-corrected chi connectivity index (χ0v) is 34.6. The van der Waals surface area contributed by atoms with Crippen LogP contribution < -0.4 is 16.0 Å². The van der Waals surface area contributed by atoms with Crippen LogP contribution in [0.5, 0.6) is 0 Å². The molecule has 2 aliphatic rings. The Kier molecular flexibility index (Phi) is 16.0. The molecule has 3 N–H and O–H groups in total. The summed E-state index contributed by atoms with van der Waals surface area (Å²) in [5, 5.41) is 12.3. The molecule has 3 heterocycles. The number of carbonyl (C=O) groups excluding carboxylic acids is 4. The predicted molar refractivity (Wildman–Crippen MR) is 212 cm³/mol. The second-order valence-electron chi connectivity index (χ2n) is 15.8. The summed E-state index contributed by atoms with van der Waals surface area (Å²) in [7, 11) is 4.94. The number of likely N-dealkylation sites (tertiary alicyclic amines) is 1. The number of carbonyl (C=O) groups is 4. The molecular weight excluding hydrogens is 705 g/mol. The molecule has 2 aliphatic heterocycles. The van der Waals surface area contributed by atoms with E-state index in [0.29, 0.717) is 25.8 Å². The van der Waals surface area contributed by atoms with Gasteiger partial charge in [0.05, 0.1) is 48.2 Å². The molecule has 4 amide bonds. The first kappa shape index (κ1) is 43.3. The number of likely N-dealkylation sites (N-methyl/N-ethyl adjacent to an activating group) is 1. The van der Waals surface area contributed by atoms with E-state index in [4.69, 9.17) is 9.47 Å². The first-order valence-electron chi connectivity index (χ1n) is 19.7. The van der Waals surface area contributed by atoms with Gasteiger partial charge in [0.25, 0.3) is 0 Å². The van der Waals surface area contributed by atoms with Gasteiger partial charge in [0, 0.05) is 39.4 Å². The number of methoxy groups -OCH3 is 2. The van der Waals surface area contributed by atoms with Crippen molar-refractivity contribution in [2.24, 2.45) is 17.8 Å². The fourth-order valence-electron chi connectivity index (χ4n) is 8.19. The van der Waals surface area contributed by atoms with Crippen LogP contribution in [0.4, 0.5) is 0 Å². The topological polar surface area (TPSA) is 142 Å². The predicted octanol–water partition coefficient (Wildman–Crippen LogP) is 4.75. The minimum Gasteiger partial charge on any atom is -0.379 e. The summed E-state index contributed by atoms with van der Waals surface area (Å²) in [6, 6.07) is 8.26. The molecule has 12 nitrogen and oxygen atoms in total. The molecule has 9 atom stereocenters. The van der Waals surface area contributed by atoms with E-state index in [0.717, 1.165) is 36.4 Å². The summed E-state index contributed by atoms with van der Waals surface area (Å²) in [5.74, 6) is -1.35. The van der Waals surface area contributed by atoms with Crippen LogP contribution in [0.2, 0.25) is 0 Å². The summed E-state index contributed by atoms with van der Waals surface area (Å²) in [6.07, 6.45) is 5.14. The second kappa shape index (κ2) is 20.0. The number of amides is 4. The Bertz CT molecular complexity index is 1500. The Morgan fingerprint density at radius 1 is 1.07 bits per heavy atom. The number of aromatic nitrogens is 1. The zero-order chi connectivity index (χ0) is 39.6. The highest BCUT2D eigenvalue weighted by molar-refractivity contribution is 7.09. The Hall–Kier alpha value is -3.39. The van der Waals surface area contributed by atoms with Gasteiger partial charge in [0.1, 0.15) is 11.0 Å². The largest absolute Gasteiger partial charge is 0.379 e. The SMILES string of the molecule is CC[C@H](C)[C@@H]([C@@H](CC(=O)N1CCC[C@H]1[C@H](OC)[C@@H](C)C(=O)N[C@@H](Cc1ccccc1)c1nccs1)OC)N(C)C(=O)[C@@H](NC(=O)[C@@]1(C)CCCN1)C(C)C. The lowest BCUT2D eigenvalue weighted by Crippen LogP contribution is -2.61. The molecule has 0 radical (unpaired) electrons. The third-order valence-corrected chi connectivity index (χ3v) is 12.6. The maximum atomic E-state index is 14.3. The maximum absolute atomic E-state index is 14.3. The van der Waals surface area contributed by atoms with E-state index < -0.39 is 35.7 Å². The van der Waals surface area contributed by atoms with Crippen molar-refractivity contribution in [2.75, 3.05) is 34.4 Å². The number of nitrogens with one attached hydrogen (secondary N) is 3. The van der Waals surface area contributed by atoms with Crippen LogP contribution >= 0.6 is 11.3 Å². The van der Waals surface area contributed by atoms with E-state index in [1.54, 1.807) is 32.4 Å². The lowest BCUT2D eigenvalue weighted by Gasteiger charge is -2.41. The molecule has 2 aromatic rings. The molecule has 300 valence electrons. The number of hydrogen-bond donors (Lipinski definition) is 3. The molecule has 13 heteroatoms. The van der Waals surface area contributed by atoms with Crippen molar-refractivity contribution in [2.45, 2.75) is 128 Å². The van der Waals surface area contributed by atoms with Gasteiger partial charge in [-0.3, -0.25) is 19.2 Å². The van der Waals surface area contributed by atoms with Crippen LogP contribution in [-0.2, 0) is 35.1 Å². The van der Waals surface area contributed by atoms with Gasteiger partial charge in [-0.25, -0.2) is 4.98 Å². The van der Waals surface area contributed by atoms with Gasteiger partial charge >= 0.3 is 0 Å². The molecule has 0 bridgehead atoms. The van der Waals surface area contributed by atoms with Gasteiger partial charge in [-0.15, -0.1) is 11.3 Å². The van der Waals surface area contributed by atoms with E-state index in [2.05, 4.69) is 34.8 Å². The Morgan fingerprint density at radius 2 is 1.80 bits per heavy atom. The van der Waals surface area contributed by atoms with Gasteiger partial charge in [-0.05, 0) is 63.0 Å². The van der Waals surface area contributed by atoms with Crippen LogP contribution in [0.1, 0.15) is 96.7 Å². The zero-order valence-electron chi connectivity index (χ0n) is 33.8. The minimum atomic E-state index is -0.734. The van der Waals surface area contributed by atoms with Crippen molar-refractivity contribution >= 4 is 35.0 Å². The fraction of sp³-hybridized carbons (Fsp3) is 0.683. The molecule has 2 saturated heterocycles. The highest BCUT2D eigenvalue weighted by Gasteiger charge is 2.44. The highest BCUT2D eigenvalue weighted by atomic mass is 32.1. The van der Waals surface area contributed by atoms with Crippen LogP contribution in [0.25, 0.3) is 0 Å². The maximum Gasteiger partial charge on any atom is 0.245 e. The molecule has 1 aromatic heterocycles. The average Bonchev–Trinajstić information content (AvgIpc) is 3.97. The summed E-state index contributed by atoms with van der Waals surface area (Å²) in [6.45, 7) is 13.0. The Morgan fingerprint density at radius 3 is 2.37 bits per heavy atom. The van der Waals surface area contributed by atoms with Crippen molar-refractivity contribution in [1.29, 1.82) is 0 Å². The second-order valence-corrected chi connectivity index (χ2v) is 16.7. The van der Waals surface area contributed by atoms with Crippen LogP contribution in [0, 0.1) is 17.8 Å². The number of rotatable bonds is 19. The van der Waals surface area contributed by atoms with Crippen LogP contribution in [0.15, 0.2) is 41.9 Å². The molecule has 0 unspecified atom stereocenters. The molecule has 0 saturated carbocycles.